The molecule has 2 N–H and O–H groups in total. The molecule has 25 heavy (non-hydrogen) atoms. The predicted octanol–water partition coefficient (Wildman–Crippen LogP) is 3.14. The molecule has 4 rings (SSSR count). The molecule has 2 atom stereocenters. The summed E-state index contributed by atoms with van der Waals surface area (Å²) in [7, 11) is 0. The van der Waals surface area contributed by atoms with Crippen LogP contribution in [0.5, 0.6) is 0 Å². The minimum absolute atomic E-state index is 0.202. The molecule has 2 saturated carbocycles. The van der Waals surface area contributed by atoms with Gasteiger partial charge in [0, 0.05) is 48.8 Å². The smallest absolute Gasteiger partial charge is 0.225 e. The minimum atomic E-state index is 0.202. The molecular formula is C20H28ClN3O. The molecule has 136 valence electrons. The van der Waals surface area contributed by atoms with E-state index < -0.39 is 0 Å². The molecule has 1 aromatic carbocycles. The molecule has 3 fully saturated rings. The van der Waals surface area contributed by atoms with Gasteiger partial charge in [-0.25, -0.2) is 0 Å². The monoisotopic (exact) mass is 361 g/mol. The first-order valence-electron chi connectivity index (χ1n) is 9.66. The Morgan fingerprint density at radius 1 is 1.08 bits per heavy atom. The summed E-state index contributed by atoms with van der Waals surface area (Å²) in [6.45, 7) is 3.38. The first kappa shape index (κ1) is 17.2. The highest BCUT2D eigenvalue weighted by Gasteiger charge is 2.41. The Labute approximate surface area is 155 Å². The van der Waals surface area contributed by atoms with Gasteiger partial charge in [-0.1, -0.05) is 24.1 Å². The van der Waals surface area contributed by atoms with E-state index in [0.29, 0.717) is 23.8 Å². The molecule has 2 aliphatic carbocycles. The van der Waals surface area contributed by atoms with Gasteiger partial charge < -0.3 is 15.5 Å². The predicted molar refractivity (Wildman–Crippen MR) is 102 cm³/mol. The maximum atomic E-state index is 13.0. The van der Waals surface area contributed by atoms with Gasteiger partial charge >= 0.3 is 0 Å². The van der Waals surface area contributed by atoms with E-state index >= 15 is 0 Å². The van der Waals surface area contributed by atoms with Gasteiger partial charge in [-0.3, -0.25) is 4.79 Å². The van der Waals surface area contributed by atoms with Crippen molar-refractivity contribution in [1.82, 2.24) is 4.90 Å². The molecule has 2 unspecified atom stereocenters. The lowest BCUT2D eigenvalue weighted by Gasteiger charge is -2.45. The number of benzene rings is 1. The van der Waals surface area contributed by atoms with E-state index in [2.05, 4.69) is 15.9 Å². The highest BCUT2D eigenvalue weighted by atomic mass is 35.5. The Balaban J connectivity index is 1.35. The van der Waals surface area contributed by atoms with Crippen LogP contribution in [0.15, 0.2) is 24.3 Å². The average molecular weight is 362 g/mol. The number of rotatable bonds is 2. The van der Waals surface area contributed by atoms with Crippen LogP contribution >= 0.6 is 11.6 Å². The second-order valence-electron chi connectivity index (χ2n) is 7.99. The Hall–Kier alpha value is -1.26. The van der Waals surface area contributed by atoms with Crippen molar-refractivity contribution in [2.45, 2.75) is 38.1 Å². The highest BCUT2D eigenvalue weighted by Crippen LogP contribution is 2.42. The molecule has 1 aliphatic heterocycles. The molecule has 2 bridgehead atoms. The van der Waals surface area contributed by atoms with Crippen molar-refractivity contribution in [3.63, 3.8) is 0 Å². The summed E-state index contributed by atoms with van der Waals surface area (Å²) in [6.07, 6.45) is 5.73. The third-order valence-corrected chi connectivity index (χ3v) is 6.76. The molecule has 4 nitrogen and oxygen atoms in total. The second kappa shape index (κ2) is 7.16. The van der Waals surface area contributed by atoms with Gasteiger partial charge in [-0.2, -0.15) is 0 Å². The van der Waals surface area contributed by atoms with E-state index in [1.54, 1.807) is 0 Å². The summed E-state index contributed by atoms with van der Waals surface area (Å²) in [6, 6.07) is 8.31. The van der Waals surface area contributed by atoms with Crippen molar-refractivity contribution in [3.05, 3.63) is 29.3 Å². The number of nitrogens with zero attached hydrogens (tertiary/aromatic N) is 2. The van der Waals surface area contributed by atoms with Gasteiger partial charge in [0.05, 0.1) is 0 Å². The number of halogens is 1. The van der Waals surface area contributed by atoms with E-state index in [0.717, 1.165) is 49.7 Å². The molecule has 1 amide bonds. The van der Waals surface area contributed by atoms with Gasteiger partial charge in [0.25, 0.3) is 0 Å². The van der Waals surface area contributed by atoms with E-state index in [1.807, 2.05) is 18.2 Å². The van der Waals surface area contributed by atoms with Crippen molar-refractivity contribution in [3.8, 4) is 0 Å². The number of anilines is 1. The maximum absolute atomic E-state index is 13.0. The van der Waals surface area contributed by atoms with Crippen molar-refractivity contribution in [1.29, 1.82) is 0 Å². The summed E-state index contributed by atoms with van der Waals surface area (Å²) in [4.78, 5) is 17.4. The van der Waals surface area contributed by atoms with Crippen LogP contribution in [0.1, 0.15) is 32.1 Å². The molecule has 0 radical (unpaired) electrons. The van der Waals surface area contributed by atoms with Gasteiger partial charge in [-0.05, 0) is 55.7 Å². The molecule has 1 aromatic rings. The van der Waals surface area contributed by atoms with Gasteiger partial charge in [0.15, 0.2) is 0 Å². The zero-order valence-corrected chi connectivity index (χ0v) is 15.5. The fourth-order valence-electron chi connectivity index (χ4n) is 5.11. The summed E-state index contributed by atoms with van der Waals surface area (Å²) in [5, 5.41) is 0.765. The number of fused-ring (bicyclic) bond motifs is 2. The highest BCUT2D eigenvalue weighted by molar-refractivity contribution is 6.30. The maximum Gasteiger partial charge on any atom is 0.225 e. The van der Waals surface area contributed by atoms with Crippen LogP contribution in [0.4, 0.5) is 5.69 Å². The summed E-state index contributed by atoms with van der Waals surface area (Å²) in [5.74, 6) is 1.70. The zero-order valence-electron chi connectivity index (χ0n) is 14.7. The average Bonchev–Trinajstić information content (AvgIpc) is 2.61. The normalized spacial score (nSPS) is 32.6. The summed E-state index contributed by atoms with van der Waals surface area (Å²) < 4.78 is 0. The van der Waals surface area contributed by atoms with E-state index in [9.17, 15) is 4.79 Å². The van der Waals surface area contributed by atoms with Gasteiger partial charge in [-0.15, -0.1) is 0 Å². The lowest BCUT2D eigenvalue weighted by molar-refractivity contribution is -0.138. The number of hydrogen-bond acceptors (Lipinski definition) is 3. The van der Waals surface area contributed by atoms with Gasteiger partial charge in [0.2, 0.25) is 5.91 Å². The lowest BCUT2D eigenvalue weighted by atomic mass is 9.65. The first-order chi connectivity index (χ1) is 12.1. The SMILES string of the molecule is NC1C2CCCC1CC(C(=O)N1CCN(c3cccc(Cl)c3)CC1)C2. The number of carbonyl (C=O) groups is 1. The number of nitrogens with two attached hydrogens (primary N) is 1. The second-order valence-corrected chi connectivity index (χ2v) is 8.43. The number of piperazine rings is 1. The molecule has 0 aromatic heterocycles. The number of carbonyl (C=O) groups excluding carboxylic acids is 1. The fraction of sp³-hybridized carbons (Fsp3) is 0.650. The Bertz CT molecular complexity index is 615. The van der Waals surface area contributed by atoms with Crippen LogP contribution in [-0.4, -0.2) is 43.0 Å². The molecule has 5 heteroatoms. The van der Waals surface area contributed by atoms with Crippen molar-refractivity contribution in [2.24, 2.45) is 23.5 Å². The zero-order chi connectivity index (χ0) is 17.4. The van der Waals surface area contributed by atoms with Crippen LogP contribution in [0.2, 0.25) is 5.02 Å². The van der Waals surface area contributed by atoms with E-state index in [4.69, 9.17) is 17.3 Å². The topological polar surface area (TPSA) is 49.6 Å². The fourth-order valence-corrected chi connectivity index (χ4v) is 5.29. The Morgan fingerprint density at radius 2 is 1.76 bits per heavy atom. The Kier molecular flexibility index (Phi) is 4.92. The van der Waals surface area contributed by atoms with Crippen LogP contribution in [-0.2, 0) is 4.79 Å². The van der Waals surface area contributed by atoms with Crippen molar-refractivity contribution >= 4 is 23.2 Å². The molecular weight excluding hydrogens is 334 g/mol. The van der Waals surface area contributed by atoms with Crippen LogP contribution in [0, 0.1) is 17.8 Å². The molecule has 1 heterocycles. The largest absolute Gasteiger partial charge is 0.368 e. The van der Waals surface area contributed by atoms with E-state index in [-0.39, 0.29) is 5.92 Å². The Morgan fingerprint density at radius 3 is 2.40 bits per heavy atom. The van der Waals surface area contributed by atoms with Crippen LogP contribution in [0.25, 0.3) is 0 Å². The third-order valence-electron chi connectivity index (χ3n) is 6.53. The first-order valence-corrected chi connectivity index (χ1v) is 10.0. The van der Waals surface area contributed by atoms with Crippen LogP contribution < -0.4 is 10.6 Å². The van der Waals surface area contributed by atoms with Crippen molar-refractivity contribution < 1.29 is 4.79 Å². The standard InChI is InChI=1S/C20H28ClN3O/c21-17-5-2-6-18(13-17)23-7-9-24(10-8-23)20(25)16-11-14-3-1-4-15(12-16)19(14)22/h2,5-6,13-16,19H,1,3-4,7-12,22H2. The van der Waals surface area contributed by atoms with E-state index in [1.165, 1.54) is 19.3 Å². The minimum Gasteiger partial charge on any atom is -0.368 e. The quantitative estimate of drug-likeness (QED) is 0.880. The van der Waals surface area contributed by atoms with Crippen molar-refractivity contribution in [2.75, 3.05) is 31.1 Å². The summed E-state index contributed by atoms with van der Waals surface area (Å²) in [5.41, 5.74) is 7.53. The lowest BCUT2D eigenvalue weighted by Crippen LogP contribution is -2.53. The number of hydrogen-bond donors (Lipinski definition) is 1. The number of amides is 1. The molecule has 0 spiro atoms. The molecule has 1 saturated heterocycles. The third kappa shape index (κ3) is 3.52. The van der Waals surface area contributed by atoms with Crippen LogP contribution in [0.3, 0.4) is 0 Å². The van der Waals surface area contributed by atoms with Gasteiger partial charge in [0.1, 0.15) is 0 Å². The molecule has 3 aliphatic rings. The summed E-state index contributed by atoms with van der Waals surface area (Å²) >= 11 is 6.10.